The van der Waals surface area contributed by atoms with Crippen molar-refractivity contribution in [3.8, 4) is 5.75 Å². The number of hydrogen-bond donors (Lipinski definition) is 0. The highest BCUT2D eigenvalue weighted by Gasteiger charge is 2.31. The average Bonchev–Trinajstić information content (AvgIpc) is 2.37. The summed E-state index contributed by atoms with van der Waals surface area (Å²) in [6.45, 7) is 4.90. The Balaban J connectivity index is 2.14. The fourth-order valence-corrected chi connectivity index (χ4v) is 2.59. The fraction of sp³-hybridized carbons (Fsp3) is 0.562. The van der Waals surface area contributed by atoms with Crippen molar-refractivity contribution in [1.29, 1.82) is 0 Å². The fourth-order valence-electron chi connectivity index (χ4n) is 2.59. The van der Waals surface area contributed by atoms with E-state index >= 15 is 0 Å². The summed E-state index contributed by atoms with van der Waals surface area (Å²) in [5.41, 5.74) is 1.13. The molecule has 1 amide bonds. The summed E-state index contributed by atoms with van der Waals surface area (Å²) in [6, 6.07) is 8.09. The van der Waals surface area contributed by atoms with Crippen LogP contribution in [-0.4, -0.2) is 24.5 Å². The molecule has 1 aromatic carbocycles. The molecule has 0 bridgehead atoms. The number of carbonyl (C=O) groups excluding carboxylic acids is 1. The van der Waals surface area contributed by atoms with E-state index in [9.17, 15) is 4.79 Å². The molecule has 3 nitrogen and oxygen atoms in total. The van der Waals surface area contributed by atoms with Gasteiger partial charge in [-0.1, -0.05) is 18.6 Å². The molecule has 3 heteroatoms. The number of benzene rings is 1. The second-order valence-electron chi connectivity index (χ2n) is 5.20. The van der Waals surface area contributed by atoms with E-state index in [1.807, 2.05) is 30.0 Å². The summed E-state index contributed by atoms with van der Waals surface area (Å²) >= 11 is 0. The van der Waals surface area contributed by atoms with Crippen LogP contribution < -0.4 is 4.74 Å². The minimum Gasteiger partial charge on any atom is -0.497 e. The predicted octanol–water partition coefficient (Wildman–Crippen LogP) is 3.40. The molecule has 1 fully saturated rings. The highest BCUT2D eigenvalue weighted by atomic mass is 16.5. The summed E-state index contributed by atoms with van der Waals surface area (Å²) in [7, 11) is 1.67. The third kappa shape index (κ3) is 2.91. The molecule has 1 saturated carbocycles. The lowest BCUT2D eigenvalue weighted by atomic mass is 9.84. The minimum absolute atomic E-state index is 0.105. The number of carbonyl (C=O) groups is 1. The van der Waals surface area contributed by atoms with Crippen molar-refractivity contribution in [3.05, 3.63) is 29.8 Å². The Morgan fingerprint density at radius 3 is 2.74 bits per heavy atom. The summed E-state index contributed by atoms with van der Waals surface area (Å²) in [5.74, 6) is 1.41. The van der Waals surface area contributed by atoms with Crippen molar-refractivity contribution in [2.45, 2.75) is 39.2 Å². The van der Waals surface area contributed by atoms with Gasteiger partial charge < -0.3 is 9.64 Å². The lowest BCUT2D eigenvalue weighted by Gasteiger charge is -2.35. The molecule has 0 spiro atoms. The number of hydrogen-bond acceptors (Lipinski definition) is 2. The van der Waals surface area contributed by atoms with Crippen LogP contribution in [0.25, 0.3) is 0 Å². The molecular weight excluding hydrogens is 238 g/mol. The smallest absolute Gasteiger partial charge is 0.226 e. The number of nitrogens with zero attached hydrogens (tertiary/aromatic N) is 1. The maximum atomic E-state index is 12.4. The number of ether oxygens (including phenoxy) is 1. The Hall–Kier alpha value is -1.51. The van der Waals surface area contributed by atoms with Gasteiger partial charge in [-0.05, 0) is 44.4 Å². The van der Waals surface area contributed by atoms with Crippen molar-refractivity contribution in [1.82, 2.24) is 4.90 Å². The van der Waals surface area contributed by atoms with Crippen molar-refractivity contribution in [2.75, 3.05) is 13.7 Å². The van der Waals surface area contributed by atoms with E-state index in [0.717, 1.165) is 30.7 Å². The molecule has 1 unspecified atom stereocenters. The summed E-state index contributed by atoms with van der Waals surface area (Å²) in [4.78, 5) is 14.4. The molecule has 0 N–H and O–H groups in total. The van der Waals surface area contributed by atoms with E-state index < -0.39 is 0 Å². The third-order valence-electron chi connectivity index (χ3n) is 4.12. The lowest BCUT2D eigenvalue weighted by Crippen LogP contribution is -2.40. The van der Waals surface area contributed by atoms with E-state index in [2.05, 4.69) is 13.0 Å². The molecule has 1 aromatic rings. The highest BCUT2D eigenvalue weighted by Crippen LogP contribution is 2.32. The molecule has 104 valence electrons. The van der Waals surface area contributed by atoms with E-state index in [1.165, 1.54) is 6.42 Å². The van der Waals surface area contributed by atoms with Gasteiger partial charge in [0.15, 0.2) is 0 Å². The van der Waals surface area contributed by atoms with Crippen LogP contribution in [0.4, 0.5) is 0 Å². The van der Waals surface area contributed by atoms with E-state index in [4.69, 9.17) is 4.74 Å². The Morgan fingerprint density at radius 1 is 1.47 bits per heavy atom. The minimum atomic E-state index is 0.105. The van der Waals surface area contributed by atoms with Crippen LogP contribution >= 0.6 is 0 Å². The van der Waals surface area contributed by atoms with Gasteiger partial charge in [-0.25, -0.2) is 0 Å². The van der Waals surface area contributed by atoms with Crippen LogP contribution in [0, 0.1) is 5.92 Å². The van der Waals surface area contributed by atoms with Gasteiger partial charge in [0.25, 0.3) is 0 Å². The SMILES string of the molecule is CCN(C(=O)C1CCC1)C(C)c1cccc(OC)c1. The van der Waals surface area contributed by atoms with Crippen molar-refractivity contribution < 1.29 is 9.53 Å². The molecule has 1 aliphatic carbocycles. The van der Waals surface area contributed by atoms with Crippen molar-refractivity contribution in [3.63, 3.8) is 0 Å². The van der Waals surface area contributed by atoms with Crippen LogP contribution in [0.15, 0.2) is 24.3 Å². The molecule has 1 aliphatic rings. The Morgan fingerprint density at radius 2 is 2.21 bits per heavy atom. The number of methoxy groups -OCH3 is 1. The Kier molecular flexibility index (Phi) is 4.46. The van der Waals surface area contributed by atoms with Crippen LogP contribution in [0.3, 0.4) is 0 Å². The Labute approximate surface area is 115 Å². The molecule has 2 rings (SSSR count). The first kappa shape index (κ1) is 13.9. The zero-order valence-corrected chi connectivity index (χ0v) is 12.1. The molecule has 0 saturated heterocycles. The predicted molar refractivity (Wildman–Crippen MR) is 76.1 cm³/mol. The van der Waals surface area contributed by atoms with Gasteiger partial charge in [-0.15, -0.1) is 0 Å². The molecule has 0 aromatic heterocycles. The molecular formula is C16H23NO2. The van der Waals surface area contributed by atoms with Crippen molar-refractivity contribution in [2.24, 2.45) is 5.92 Å². The standard InChI is InChI=1S/C16H23NO2/c1-4-17(16(18)13-7-5-8-13)12(2)14-9-6-10-15(11-14)19-3/h6,9-13H,4-5,7-8H2,1-3H3. The van der Waals surface area contributed by atoms with Crippen molar-refractivity contribution >= 4 is 5.91 Å². The molecule has 19 heavy (non-hydrogen) atoms. The van der Waals surface area contributed by atoms with Crippen LogP contribution in [0.5, 0.6) is 5.75 Å². The average molecular weight is 261 g/mol. The molecule has 1 atom stereocenters. The number of rotatable bonds is 5. The topological polar surface area (TPSA) is 29.5 Å². The van der Waals surface area contributed by atoms with Gasteiger partial charge in [0.05, 0.1) is 13.2 Å². The first-order valence-electron chi connectivity index (χ1n) is 7.11. The Bertz CT molecular complexity index is 440. The monoisotopic (exact) mass is 261 g/mol. The number of amides is 1. The quantitative estimate of drug-likeness (QED) is 0.813. The van der Waals surface area contributed by atoms with Gasteiger partial charge in [0.2, 0.25) is 5.91 Å². The summed E-state index contributed by atoms with van der Waals surface area (Å²) in [5, 5.41) is 0. The lowest BCUT2D eigenvalue weighted by molar-refractivity contribution is -0.140. The van der Waals surface area contributed by atoms with Crippen LogP contribution in [0.1, 0.15) is 44.7 Å². The van der Waals surface area contributed by atoms with E-state index in [1.54, 1.807) is 7.11 Å². The van der Waals surface area contributed by atoms with E-state index in [-0.39, 0.29) is 12.0 Å². The maximum Gasteiger partial charge on any atom is 0.226 e. The maximum absolute atomic E-state index is 12.4. The van der Waals surface area contributed by atoms with E-state index in [0.29, 0.717) is 5.91 Å². The van der Waals surface area contributed by atoms with Gasteiger partial charge in [-0.2, -0.15) is 0 Å². The second-order valence-corrected chi connectivity index (χ2v) is 5.20. The molecule has 0 aliphatic heterocycles. The van der Waals surface area contributed by atoms with Gasteiger partial charge >= 0.3 is 0 Å². The van der Waals surface area contributed by atoms with Crippen LogP contribution in [0.2, 0.25) is 0 Å². The largest absolute Gasteiger partial charge is 0.497 e. The van der Waals surface area contributed by atoms with Gasteiger partial charge in [0, 0.05) is 12.5 Å². The summed E-state index contributed by atoms with van der Waals surface area (Å²) in [6.07, 6.45) is 3.31. The molecule has 0 heterocycles. The van der Waals surface area contributed by atoms with Gasteiger partial charge in [-0.3, -0.25) is 4.79 Å². The normalized spacial score (nSPS) is 16.6. The van der Waals surface area contributed by atoms with Gasteiger partial charge in [0.1, 0.15) is 5.75 Å². The first-order chi connectivity index (χ1) is 9.17. The van der Waals surface area contributed by atoms with Crippen LogP contribution in [-0.2, 0) is 4.79 Å². The summed E-state index contributed by atoms with van der Waals surface area (Å²) < 4.78 is 5.26. The zero-order chi connectivity index (χ0) is 13.8. The zero-order valence-electron chi connectivity index (χ0n) is 12.1. The first-order valence-corrected chi connectivity index (χ1v) is 7.11. The second kappa shape index (κ2) is 6.09. The third-order valence-corrected chi connectivity index (χ3v) is 4.12. The molecule has 0 radical (unpaired) electrons. The highest BCUT2D eigenvalue weighted by molar-refractivity contribution is 5.80.